The topological polar surface area (TPSA) is 52.7 Å². The van der Waals surface area contributed by atoms with Gasteiger partial charge in [-0.05, 0) is 37.2 Å². The van der Waals surface area contributed by atoms with Gasteiger partial charge < -0.3 is 15.6 Å². The molecule has 4 nitrogen and oxygen atoms in total. The van der Waals surface area contributed by atoms with E-state index in [0.29, 0.717) is 11.2 Å². The number of para-hydroxylation sites is 1. The molecule has 0 radical (unpaired) electrons. The van der Waals surface area contributed by atoms with Crippen molar-refractivity contribution in [3.8, 4) is 0 Å². The molecule has 1 heterocycles. The lowest BCUT2D eigenvalue weighted by Crippen LogP contribution is -2.41. The van der Waals surface area contributed by atoms with Gasteiger partial charge in [0.2, 0.25) is 0 Å². The molecule has 1 aliphatic carbocycles. The van der Waals surface area contributed by atoms with Crippen molar-refractivity contribution < 1.29 is 4.28 Å². The second-order valence-corrected chi connectivity index (χ2v) is 5.14. The number of H-pyrrole nitrogens is 1. The lowest BCUT2D eigenvalue weighted by molar-refractivity contribution is 0.521. The normalized spacial score (nSPS) is 17.6. The minimum Gasteiger partial charge on any atom is -0.359 e. The Hall–Kier alpha value is -1.88. The average Bonchev–Trinajstić information content (AvgIpc) is 2.87. The first kappa shape index (κ1) is 12.2. The third-order valence-electron chi connectivity index (χ3n) is 3.35. The van der Waals surface area contributed by atoms with Crippen molar-refractivity contribution in [3.05, 3.63) is 48.0 Å². The molecule has 1 atom stereocenters. The second-order valence-electron chi connectivity index (χ2n) is 4.73. The summed E-state index contributed by atoms with van der Waals surface area (Å²) < 4.78 is 0. The molecule has 0 aliphatic heterocycles. The first-order chi connectivity index (χ1) is 9.31. The first-order valence-electron chi connectivity index (χ1n) is 6.45. The maximum absolute atomic E-state index is 5.35. The predicted molar refractivity (Wildman–Crippen MR) is 86.5 cm³/mol. The molecule has 104 valence electrons. The fourth-order valence-corrected chi connectivity index (χ4v) is 2.68. The van der Waals surface area contributed by atoms with Crippen molar-refractivity contribution in [2.75, 3.05) is 5.32 Å². The Morgan fingerprint density at radius 1 is 1.37 bits per heavy atom. The van der Waals surface area contributed by atoms with Crippen LogP contribution in [0.4, 0.5) is 5.69 Å². The van der Waals surface area contributed by atoms with Crippen LogP contribution in [0.1, 0.15) is 22.1 Å². The molecule has 19 heavy (non-hydrogen) atoms. The number of fused-ring (bicyclic) bond motifs is 1. The number of hydrogen-bond acceptors (Lipinski definition) is 2. The van der Waals surface area contributed by atoms with Gasteiger partial charge in [0.15, 0.2) is 5.11 Å². The zero-order chi connectivity index (χ0) is 13.1. The van der Waals surface area contributed by atoms with E-state index in [1.807, 2.05) is 30.3 Å². The highest BCUT2D eigenvalue weighted by molar-refractivity contribution is 7.80. The van der Waals surface area contributed by atoms with Crippen molar-refractivity contribution in [3.63, 3.8) is 0 Å². The number of aromatic amines is 1. The summed E-state index contributed by atoms with van der Waals surface area (Å²) in [6.45, 7) is 0. The minimum absolute atomic E-state index is 0. The zero-order valence-electron chi connectivity index (χ0n) is 10.5. The van der Waals surface area contributed by atoms with Gasteiger partial charge in [-0.15, -0.1) is 0 Å². The van der Waals surface area contributed by atoms with Crippen LogP contribution in [0.3, 0.4) is 0 Å². The molecular formula is C14H22N4S. The third kappa shape index (κ3) is 2.93. The van der Waals surface area contributed by atoms with Gasteiger partial charge in [0.25, 0.3) is 0 Å². The molecule has 0 spiro atoms. The van der Waals surface area contributed by atoms with E-state index in [2.05, 4.69) is 20.6 Å². The van der Waals surface area contributed by atoms with E-state index in [1.165, 1.54) is 11.4 Å². The van der Waals surface area contributed by atoms with Gasteiger partial charge in [0.1, 0.15) is 0 Å². The van der Waals surface area contributed by atoms with Gasteiger partial charge >= 0.3 is 0 Å². The SMILES string of the molecule is S=C(Nc1ccccc1)NC1CCc2nc[nH]c2C1.[HH].[HH].[HH]. The van der Waals surface area contributed by atoms with E-state index in [1.54, 1.807) is 6.33 Å². The Morgan fingerprint density at radius 3 is 3.05 bits per heavy atom. The Kier molecular flexibility index (Phi) is 3.46. The Morgan fingerprint density at radius 2 is 2.21 bits per heavy atom. The maximum Gasteiger partial charge on any atom is 0.171 e. The highest BCUT2D eigenvalue weighted by atomic mass is 32.1. The molecule has 3 rings (SSSR count). The largest absolute Gasteiger partial charge is 0.359 e. The van der Waals surface area contributed by atoms with Gasteiger partial charge in [-0.25, -0.2) is 4.98 Å². The van der Waals surface area contributed by atoms with Gasteiger partial charge in [-0.3, -0.25) is 0 Å². The van der Waals surface area contributed by atoms with Gasteiger partial charge in [-0.1, -0.05) is 18.2 Å². The lowest BCUT2D eigenvalue weighted by atomic mass is 9.96. The van der Waals surface area contributed by atoms with Crippen LogP contribution in [0.5, 0.6) is 0 Å². The monoisotopic (exact) mass is 278 g/mol. The highest BCUT2D eigenvalue weighted by Crippen LogP contribution is 2.17. The molecule has 0 amide bonds. The number of nitrogens with zero attached hydrogens (tertiary/aromatic N) is 1. The molecule has 2 aromatic rings. The zero-order valence-corrected chi connectivity index (χ0v) is 11.3. The van der Waals surface area contributed by atoms with E-state index >= 15 is 0 Å². The summed E-state index contributed by atoms with van der Waals surface area (Å²) in [6.07, 6.45) is 4.79. The molecule has 1 aliphatic rings. The standard InChI is InChI=1S/C14H16N4S.3H2/c19-14(17-10-4-2-1-3-5-10)18-11-6-7-12-13(8-11)16-9-15-12;;;/h1-5,9,11H,6-8H2,(H,15,16)(H2,17,18,19);3*1H. The van der Waals surface area contributed by atoms with Crippen molar-refractivity contribution in [1.29, 1.82) is 0 Å². The number of aromatic nitrogens is 2. The minimum atomic E-state index is 0. The van der Waals surface area contributed by atoms with Crippen LogP contribution in [0.15, 0.2) is 36.7 Å². The summed E-state index contributed by atoms with van der Waals surface area (Å²) >= 11 is 5.35. The number of aryl methyl sites for hydroxylation is 1. The van der Waals surface area contributed by atoms with Gasteiger partial charge in [-0.2, -0.15) is 0 Å². The van der Waals surface area contributed by atoms with Crippen molar-refractivity contribution in [1.82, 2.24) is 15.3 Å². The molecule has 1 aromatic heterocycles. The van der Waals surface area contributed by atoms with Crippen LogP contribution in [-0.2, 0) is 12.8 Å². The van der Waals surface area contributed by atoms with E-state index in [9.17, 15) is 0 Å². The average molecular weight is 278 g/mol. The molecule has 3 N–H and O–H groups in total. The van der Waals surface area contributed by atoms with Crippen molar-refractivity contribution in [2.24, 2.45) is 0 Å². The molecule has 0 bridgehead atoms. The number of hydrogen-bond donors (Lipinski definition) is 3. The van der Waals surface area contributed by atoms with E-state index < -0.39 is 0 Å². The fraction of sp³-hybridized carbons (Fsp3) is 0.286. The Balaban J connectivity index is 0.00000147. The summed E-state index contributed by atoms with van der Waals surface area (Å²) in [7, 11) is 0. The lowest BCUT2D eigenvalue weighted by Gasteiger charge is -2.24. The quantitative estimate of drug-likeness (QED) is 0.739. The van der Waals surface area contributed by atoms with E-state index in [4.69, 9.17) is 12.2 Å². The molecule has 0 saturated heterocycles. The molecule has 0 saturated carbocycles. The van der Waals surface area contributed by atoms with Gasteiger partial charge in [0.05, 0.1) is 12.0 Å². The first-order valence-corrected chi connectivity index (χ1v) is 6.86. The van der Waals surface area contributed by atoms with Crippen LogP contribution in [0, 0.1) is 0 Å². The molecular weight excluding hydrogens is 256 g/mol. The number of imidazole rings is 1. The molecule has 5 heteroatoms. The third-order valence-corrected chi connectivity index (χ3v) is 3.57. The molecule has 0 fully saturated rings. The number of rotatable bonds is 2. The number of nitrogens with one attached hydrogen (secondary N) is 3. The summed E-state index contributed by atoms with van der Waals surface area (Å²) in [5.41, 5.74) is 3.43. The number of anilines is 1. The fourth-order valence-electron chi connectivity index (χ4n) is 2.40. The Labute approximate surface area is 122 Å². The second kappa shape index (κ2) is 5.40. The summed E-state index contributed by atoms with van der Waals surface area (Å²) in [5.74, 6) is 0. The molecule has 1 aromatic carbocycles. The summed E-state index contributed by atoms with van der Waals surface area (Å²) in [5, 5.41) is 7.25. The van der Waals surface area contributed by atoms with Gasteiger partial charge in [0, 0.05) is 28.1 Å². The maximum atomic E-state index is 5.35. The molecule has 1 unspecified atom stereocenters. The predicted octanol–water partition coefficient (Wildman–Crippen LogP) is 2.99. The van der Waals surface area contributed by atoms with Crippen molar-refractivity contribution in [2.45, 2.75) is 25.3 Å². The summed E-state index contributed by atoms with van der Waals surface area (Å²) in [4.78, 5) is 7.50. The smallest absolute Gasteiger partial charge is 0.171 e. The summed E-state index contributed by atoms with van der Waals surface area (Å²) in [6, 6.07) is 10.3. The van der Waals surface area contributed by atoms with E-state index in [0.717, 1.165) is 24.9 Å². The highest BCUT2D eigenvalue weighted by Gasteiger charge is 2.20. The Bertz CT molecular complexity index is 576. The van der Waals surface area contributed by atoms with Crippen LogP contribution < -0.4 is 10.6 Å². The van der Waals surface area contributed by atoms with Crippen LogP contribution in [-0.4, -0.2) is 21.1 Å². The van der Waals surface area contributed by atoms with E-state index in [-0.39, 0.29) is 4.28 Å². The van der Waals surface area contributed by atoms with Crippen molar-refractivity contribution >= 4 is 23.0 Å². The van der Waals surface area contributed by atoms with Crippen LogP contribution in [0.2, 0.25) is 0 Å². The van der Waals surface area contributed by atoms with Crippen LogP contribution >= 0.6 is 12.2 Å². The van der Waals surface area contributed by atoms with Crippen LogP contribution in [0.25, 0.3) is 0 Å². The number of thiocarbonyl (C=S) groups is 1. The number of benzene rings is 1.